The van der Waals surface area contributed by atoms with E-state index >= 15 is 0 Å². The van der Waals surface area contributed by atoms with Crippen LogP contribution in [-0.4, -0.2) is 13.1 Å². The minimum absolute atomic E-state index is 0.401. The van der Waals surface area contributed by atoms with Crippen molar-refractivity contribution in [3.05, 3.63) is 28.2 Å². The topological polar surface area (TPSA) is 17.1 Å². The summed E-state index contributed by atoms with van der Waals surface area (Å²) in [6.07, 6.45) is 0. The highest BCUT2D eigenvalue weighted by Crippen LogP contribution is 2.11. The molecule has 0 amide bonds. The zero-order valence-electron chi connectivity index (χ0n) is 5.47. The first-order chi connectivity index (χ1) is 5.09. The standard InChI is InChI=1S/C7H3BBrClO/c8-5-1-4(7(10)11)2-6(9)3-5/h1-3H. The molecule has 2 radical (unpaired) electrons. The lowest BCUT2D eigenvalue weighted by Crippen LogP contribution is -2.04. The van der Waals surface area contributed by atoms with Gasteiger partial charge in [-0.15, -0.1) is 0 Å². The summed E-state index contributed by atoms with van der Waals surface area (Å²) in [7, 11) is 5.46. The Hall–Kier alpha value is -0.275. The summed E-state index contributed by atoms with van der Waals surface area (Å²) in [6.45, 7) is 0. The van der Waals surface area contributed by atoms with Gasteiger partial charge in [0.25, 0.3) is 5.24 Å². The van der Waals surface area contributed by atoms with Gasteiger partial charge in [0, 0.05) is 10.0 Å². The fourth-order valence-corrected chi connectivity index (χ4v) is 1.35. The molecule has 0 aliphatic carbocycles. The molecule has 11 heavy (non-hydrogen) atoms. The van der Waals surface area contributed by atoms with Crippen LogP contribution in [0.3, 0.4) is 0 Å². The lowest BCUT2D eigenvalue weighted by Gasteiger charge is -1.97. The van der Waals surface area contributed by atoms with Crippen LogP contribution in [0, 0.1) is 0 Å². The summed E-state index contributed by atoms with van der Waals surface area (Å²) in [6, 6.07) is 4.84. The second-order valence-corrected chi connectivity index (χ2v) is 3.31. The molecule has 0 aliphatic heterocycles. The van der Waals surface area contributed by atoms with Crippen LogP contribution in [0.2, 0.25) is 0 Å². The van der Waals surface area contributed by atoms with Gasteiger partial charge in [0.05, 0.1) is 0 Å². The van der Waals surface area contributed by atoms with E-state index in [-0.39, 0.29) is 0 Å². The zero-order valence-corrected chi connectivity index (χ0v) is 7.82. The van der Waals surface area contributed by atoms with Crippen molar-refractivity contribution in [2.24, 2.45) is 0 Å². The van der Waals surface area contributed by atoms with Gasteiger partial charge in [-0.25, -0.2) is 0 Å². The first-order valence-corrected chi connectivity index (χ1v) is 4.02. The van der Waals surface area contributed by atoms with E-state index in [9.17, 15) is 4.79 Å². The molecule has 1 nitrogen and oxygen atoms in total. The summed E-state index contributed by atoms with van der Waals surface area (Å²) in [5.74, 6) is 0. The van der Waals surface area contributed by atoms with Crippen LogP contribution in [0.1, 0.15) is 10.4 Å². The summed E-state index contributed by atoms with van der Waals surface area (Å²) in [5, 5.41) is -0.502. The number of hydrogen-bond donors (Lipinski definition) is 0. The molecule has 0 aromatic heterocycles. The Morgan fingerprint density at radius 2 is 2.09 bits per heavy atom. The summed E-state index contributed by atoms with van der Waals surface area (Å²) in [5.41, 5.74) is 0.918. The molecule has 0 atom stereocenters. The molecular weight excluding hydrogens is 226 g/mol. The van der Waals surface area contributed by atoms with E-state index in [2.05, 4.69) is 15.9 Å². The van der Waals surface area contributed by atoms with Crippen LogP contribution in [0.25, 0.3) is 0 Å². The van der Waals surface area contributed by atoms with E-state index in [0.29, 0.717) is 11.0 Å². The Morgan fingerprint density at radius 3 is 2.55 bits per heavy atom. The fraction of sp³-hybridized carbons (Fsp3) is 0. The van der Waals surface area contributed by atoms with Crippen LogP contribution in [0.4, 0.5) is 0 Å². The fourth-order valence-electron chi connectivity index (χ4n) is 0.726. The highest BCUT2D eigenvalue weighted by Gasteiger charge is 2.01. The number of rotatable bonds is 1. The van der Waals surface area contributed by atoms with Gasteiger partial charge in [0.2, 0.25) is 0 Å². The number of hydrogen-bond acceptors (Lipinski definition) is 1. The number of halogens is 2. The van der Waals surface area contributed by atoms with Gasteiger partial charge in [-0.1, -0.05) is 33.5 Å². The Kier molecular flexibility index (Phi) is 2.74. The van der Waals surface area contributed by atoms with Gasteiger partial charge in [0.15, 0.2) is 0 Å². The van der Waals surface area contributed by atoms with Crippen molar-refractivity contribution in [1.29, 1.82) is 0 Å². The van der Waals surface area contributed by atoms with Crippen LogP contribution in [0.15, 0.2) is 22.7 Å². The van der Waals surface area contributed by atoms with Gasteiger partial charge in [0.1, 0.15) is 7.85 Å². The monoisotopic (exact) mass is 228 g/mol. The molecule has 0 saturated carbocycles. The van der Waals surface area contributed by atoms with E-state index in [1.165, 1.54) is 6.07 Å². The molecule has 1 aromatic rings. The Balaban J connectivity index is 3.19. The zero-order chi connectivity index (χ0) is 8.43. The molecule has 0 bridgehead atoms. The molecular formula is C7H3BBrClO. The molecule has 0 unspecified atom stereocenters. The molecule has 0 N–H and O–H groups in total. The third-order valence-electron chi connectivity index (χ3n) is 1.15. The lowest BCUT2D eigenvalue weighted by atomic mass is 9.95. The average Bonchev–Trinajstić information content (AvgIpc) is 1.85. The third kappa shape index (κ3) is 2.35. The third-order valence-corrected chi connectivity index (χ3v) is 1.82. The van der Waals surface area contributed by atoms with Crippen LogP contribution in [-0.2, 0) is 0 Å². The summed E-state index contributed by atoms with van der Waals surface area (Å²) >= 11 is 8.42. The van der Waals surface area contributed by atoms with Crippen molar-refractivity contribution < 1.29 is 4.79 Å². The number of carbonyl (C=O) groups is 1. The second-order valence-electron chi connectivity index (χ2n) is 2.05. The van der Waals surface area contributed by atoms with Crippen LogP contribution >= 0.6 is 27.5 Å². The Bertz CT molecular complexity index is 280. The quantitative estimate of drug-likeness (QED) is 0.528. The normalized spacial score (nSPS) is 9.64. The van der Waals surface area contributed by atoms with E-state index in [1.807, 2.05) is 0 Å². The van der Waals surface area contributed by atoms with Crippen molar-refractivity contribution >= 4 is 46.1 Å². The molecule has 1 aromatic carbocycles. The largest absolute Gasteiger partial charge is 0.276 e. The van der Waals surface area contributed by atoms with E-state index in [1.54, 1.807) is 12.1 Å². The maximum atomic E-state index is 10.6. The molecule has 0 spiro atoms. The van der Waals surface area contributed by atoms with Gasteiger partial charge in [-0.2, -0.15) is 0 Å². The van der Waals surface area contributed by atoms with Gasteiger partial charge in [-0.05, 0) is 17.7 Å². The minimum atomic E-state index is -0.502. The minimum Gasteiger partial charge on any atom is -0.276 e. The number of benzene rings is 1. The van der Waals surface area contributed by atoms with E-state index in [0.717, 1.165) is 4.47 Å². The molecule has 0 heterocycles. The summed E-state index contributed by atoms with van der Waals surface area (Å²) in [4.78, 5) is 10.6. The number of carbonyl (C=O) groups excluding carboxylic acids is 1. The Morgan fingerprint density at radius 1 is 1.45 bits per heavy atom. The SMILES string of the molecule is [B]c1cc(Br)cc(C(=O)Cl)c1. The van der Waals surface area contributed by atoms with E-state index in [4.69, 9.17) is 19.4 Å². The molecule has 0 aliphatic rings. The van der Waals surface area contributed by atoms with Gasteiger partial charge in [-0.3, -0.25) is 4.79 Å². The Labute approximate surface area is 79.3 Å². The van der Waals surface area contributed by atoms with Crippen molar-refractivity contribution in [2.75, 3.05) is 0 Å². The second kappa shape index (κ2) is 3.41. The van der Waals surface area contributed by atoms with Crippen molar-refractivity contribution in [1.82, 2.24) is 0 Å². The predicted octanol–water partition coefficient (Wildman–Crippen LogP) is 1.62. The van der Waals surface area contributed by atoms with Gasteiger partial charge < -0.3 is 0 Å². The predicted molar refractivity (Wildman–Crippen MR) is 49.7 cm³/mol. The molecule has 0 saturated heterocycles. The first-order valence-electron chi connectivity index (χ1n) is 2.85. The van der Waals surface area contributed by atoms with E-state index < -0.39 is 5.24 Å². The van der Waals surface area contributed by atoms with Crippen molar-refractivity contribution in [3.63, 3.8) is 0 Å². The molecule has 54 valence electrons. The highest BCUT2D eigenvalue weighted by molar-refractivity contribution is 9.10. The highest BCUT2D eigenvalue weighted by atomic mass is 79.9. The average molecular weight is 229 g/mol. The first kappa shape index (κ1) is 8.82. The molecule has 4 heteroatoms. The van der Waals surface area contributed by atoms with Crippen LogP contribution in [0.5, 0.6) is 0 Å². The van der Waals surface area contributed by atoms with Crippen molar-refractivity contribution in [3.8, 4) is 0 Å². The maximum absolute atomic E-state index is 10.6. The van der Waals surface area contributed by atoms with Gasteiger partial charge >= 0.3 is 0 Å². The molecule has 0 fully saturated rings. The maximum Gasteiger partial charge on any atom is 0.252 e. The lowest BCUT2D eigenvalue weighted by molar-refractivity contribution is 0.108. The van der Waals surface area contributed by atoms with Crippen LogP contribution < -0.4 is 5.46 Å². The summed E-state index contributed by atoms with van der Waals surface area (Å²) < 4.78 is 0.751. The van der Waals surface area contributed by atoms with Crippen molar-refractivity contribution in [2.45, 2.75) is 0 Å². The smallest absolute Gasteiger partial charge is 0.252 e. The molecule has 1 rings (SSSR count).